The molecular formula is C13H18N2O2. The Labute approximate surface area is 101 Å². The van der Waals surface area contributed by atoms with Gasteiger partial charge in [0.25, 0.3) is 0 Å². The third-order valence-corrected chi connectivity index (χ3v) is 2.56. The molecule has 1 aromatic rings. The molecule has 0 aliphatic carbocycles. The first-order valence-electron chi connectivity index (χ1n) is 5.71. The molecule has 1 aromatic heterocycles. The van der Waals surface area contributed by atoms with Gasteiger partial charge in [-0.15, -0.1) is 0 Å². The number of carbonyl (C=O) groups is 1. The summed E-state index contributed by atoms with van der Waals surface area (Å²) in [6, 6.07) is 5.86. The van der Waals surface area contributed by atoms with Gasteiger partial charge in [-0.2, -0.15) is 0 Å². The molecular weight excluding hydrogens is 216 g/mol. The summed E-state index contributed by atoms with van der Waals surface area (Å²) in [5.41, 5.74) is 1.39. The van der Waals surface area contributed by atoms with Crippen molar-refractivity contribution in [2.45, 2.75) is 26.3 Å². The highest BCUT2D eigenvalue weighted by Gasteiger charge is 2.06. The van der Waals surface area contributed by atoms with Gasteiger partial charge in [0, 0.05) is 24.4 Å². The number of aromatic nitrogens is 1. The minimum Gasteiger partial charge on any atom is -0.478 e. The Balaban J connectivity index is 2.49. The lowest BCUT2D eigenvalue weighted by molar-refractivity contribution is -0.132. The number of carboxylic acid groups (broad SMARTS) is 1. The topological polar surface area (TPSA) is 62.2 Å². The summed E-state index contributed by atoms with van der Waals surface area (Å²) < 4.78 is 0. The number of aliphatic carboxylic acids is 1. The molecule has 17 heavy (non-hydrogen) atoms. The van der Waals surface area contributed by atoms with Crippen molar-refractivity contribution in [2.75, 3.05) is 6.54 Å². The molecule has 1 atom stereocenters. The van der Waals surface area contributed by atoms with Gasteiger partial charge in [0.2, 0.25) is 0 Å². The zero-order valence-electron chi connectivity index (χ0n) is 10.2. The number of rotatable bonds is 6. The van der Waals surface area contributed by atoms with Crippen molar-refractivity contribution in [3.05, 3.63) is 41.7 Å². The first-order valence-corrected chi connectivity index (χ1v) is 5.71. The molecule has 0 amide bonds. The van der Waals surface area contributed by atoms with Crippen molar-refractivity contribution >= 4 is 5.97 Å². The van der Waals surface area contributed by atoms with Gasteiger partial charge in [-0.1, -0.05) is 19.1 Å². The fraction of sp³-hybridized carbons (Fsp3) is 0.385. The Morgan fingerprint density at radius 3 is 2.88 bits per heavy atom. The minimum absolute atomic E-state index is 0.111. The second kappa shape index (κ2) is 6.81. The van der Waals surface area contributed by atoms with E-state index in [1.54, 1.807) is 12.3 Å². The number of hydrogen-bond acceptors (Lipinski definition) is 3. The molecule has 92 valence electrons. The zero-order valence-corrected chi connectivity index (χ0v) is 10.2. The molecule has 0 radical (unpaired) electrons. The molecule has 0 aliphatic rings. The van der Waals surface area contributed by atoms with Crippen LogP contribution >= 0.6 is 0 Å². The molecule has 0 aliphatic heterocycles. The van der Waals surface area contributed by atoms with Crippen LogP contribution in [0, 0.1) is 0 Å². The van der Waals surface area contributed by atoms with E-state index < -0.39 is 5.97 Å². The summed E-state index contributed by atoms with van der Waals surface area (Å²) in [6.07, 6.45) is 3.99. The van der Waals surface area contributed by atoms with Gasteiger partial charge in [-0.05, 0) is 25.5 Å². The van der Waals surface area contributed by atoms with Crippen molar-refractivity contribution in [3.8, 4) is 0 Å². The van der Waals surface area contributed by atoms with E-state index in [0.29, 0.717) is 18.5 Å². The highest BCUT2D eigenvalue weighted by Crippen LogP contribution is 2.07. The van der Waals surface area contributed by atoms with E-state index in [1.165, 1.54) is 0 Å². The predicted molar refractivity (Wildman–Crippen MR) is 66.7 cm³/mol. The fourth-order valence-electron chi connectivity index (χ4n) is 1.48. The lowest BCUT2D eigenvalue weighted by atomic mass is 10.2. The number of hydrogen-bond donors (Lipinski definition) is 2. The van der Waals surface area contributed by atoms with Crippen LogP contribution in [0.2, 0.25) is 0 Å². The standard InChI is InChI=1S/C13H18N2O2/c1-3-11(13(16)17)7-9-14-10(2)12-6-4-5-8-15-12/h4-8,10,14H,3,9H2,1-2H3,(H,16,17)/b11-7-/t10-/m1/s1. The maximum atomic E-state index is 10.8. The lowest BCUT2D eigenvalue weighted by Crippen LogP contribution is -2.20. The molecule has 1 heterocycles. The second-order valence-corrected chi connectivity index (χ2v) is 3.77. The Morgan fingerprint density at radius 2 is 2.35 bits per heavy atom. The maximum absolute atomic E-state index is 10.8. The predicted octanol–water partition coefficient (Wildman–Crippen LogP) is 2.15. The highest BCUT2D eigenvalue weighted by atomic mass is 16.4. The van der Waals surface area contributed by atoms with E-state index >= 15 is 0 Å². The van der Waals surface area contributed by atoms with Crippen LogP contribution in [0.5, 0.6) is 0 Å². The van der Waals surface area contributed by atoms with Crippen LogP contribution in [0.3, 0.4) is 0 Å². The van der Waals surface area contributed by atoms with E-state index in [-0.39, 0.29) is 6.04 Å². The van der Waals surface area contributed by atoms with Crippen molar-refractivity contribution in [3.63, 3.8) is 0 Å². The lowest BCUT2D eigenvalue weighted by Gasteiger charge is -2.11. The maximum Gasteiger partial charge on any atom is 0.331 e. The Hall–Kier alpha value is -1.68. The minimum atomic E-state index is -0.847. The normalized spacial score (nSPS) is 13.4. The van der Waals surface area contributed by atoms with Gasteiger partial charge in [-0.3, -0.25) is 4.98 Å². The number of carboxylic acids is 1. The van der Waals surface area contributed by atoms with Crippen molar-refractivity contribution in [2.24, 2.45) is 0 Å². The quantitative estimate of drug-likeness (QED) is 0.740. The van der Waals surface area contributed by atoms with E-state index in [0.717, 1.165) is 5.69 Å². The largest absolute Gasteiger partial charge is 0.478 e. The molecule has 0 fully saturated rings. The van der Waals surface area contributed by atoms with Crippen LogP contribution in [0.1, 0.15) is 32.0 Å². The molecule has 4 heteroatoms. The molecule has 0 aromatic carbocycles. The zero-order chi connectivity index (χ0) is 12.7. The Morgan fingerprint density at radius 1 is 1.59 bits per heavy atom. The van der Waals surface area contributed by atoms with E-state index in [4.69, 9.17) is 5.11 Å². The first-order chi connectivity index (χ1) is 8.15. The number of pyridine rings is 1. The second-order valence-electron chi connectivity index (χ2n) is 3.77. The van der Waals surface area contributed by atoms with Gasteiger partial charge < -0.3 is 10.4 Å². The molecule has 4 nitrogen and oxygen atoms in total. The third kappa shape index (κ3) is 4.36. The van der Waals surface area contributed by atoms with E-state index in [9.17, 15) is 4.79 Å². The number of nitrogens with one attached hydrogen (secondary N) is 1. The van der Waals surface area contributed by atoms with Gasteiger partial charge in [0.1, 0.15) is 0 Å². The van der Waals surface area contributed by atoms with Gasteiger partial charge in [0.15, 0.2) is 0 Å². The van der Waals surface area contributed by atoms with Crippen LogP contribution < -0.4 is 5.32 Å². The van der Waals surface area contributed by atoms with Crippen molar-refractivity contribution in [1.29, 1.82) is 0 Å². The van der Waals surface area contributed by atoms with Crippen LogP contribution in [-0.2, 0) is 4.79 Å². The average molecular weight is 234 g/mol. The summed E-state index contributed by atoms with van der Waals surface area (Å²) in [4.78, 5) is 15.0. The SMILES string of the molecule is CC/C(=C/CN[C@H](C)c1ccccn1)C(=O)O. The van der Waals surface area contributed by atoms with E-state index in [1.807, 2.05) is 32.0 Å². The monoisotopic (exact) mass is 234 g/mol. The van der Waals surface area contributed by atoms with Crippen molar-refractivity contribution in [1.82, 2.24) is 10.3 Å². The molecule has 0 spiro atoms. The average Bonchev–Trinajstić information content (AvgIpc) is 2.35. The van der Waals surface area contributed by atoms with Crippen molar-refractivity contribution < 1.29 is 9.90 Å². The fourth-order valence-corrected chi connectivity index (χ4v) is 1.48. The summed E-state index contributed by atoms with van der Waals surface area (Å²) in [5, 5.41) is 12.1. The molecule has 0 unspecified atom stereocenters. The van der Waals surface area contributed by atoms with Crippen LogP contribution in [0.25, 0.3) is 0 Å². The summed E-state index contributed by atoms with van der Waals surface area (Å²) in [6.45, 7) is 4.37. The van der Waals surface area contributed by atoms with Crippen LogP contribution in [0.4, 0.5) is 0 Å². The van der Waals surface area contributed by atoms with Gasteiger partial charge >= 0.3 is 5.97 Å². The summed E-state index contributed by atoms with van der Waals surface area (Å²) in [7, 11) is 0. The number of nitrogens with zero attached hydrogens (tertiary/aromatic N) is 1. The summed E-state index contributed by atoms with van der Waals surface area (Å²) >= 11 is 0. The van der Waals surface area contributed by atoms with Crippen LogP contribution in [-0.4, -0.2) is 22.6 Å². The Kier molecular flexibility index (Phi) is 5.36. The Bertz CT molecular complexity index is 388. The molecule has 0 saturated carbocycles. The molecule has 0 bridgehead atoms. The third-order valence-electron chi connectivity index (χ3n) is 2.56. The summed E-state index contributed by atoms with van der Waals surface area (Å²) in [5.74, 6) is -0.847. The van der Waals surface area contributed by atoms with Gasteiger partial charge in [-0.25, -0.2) is 4.79 Å². The smallest absolute Gasteiger partial charge is 0.331 e. The van der Waals surface area contributed by atoms with E-state index in [2.05, 4.69) is 10.3 Å². The molecule has 1 rings (SSSR count). The highest BCUT2D eigenvalue weighted by molar-refractivity contribution is 5.86. The van der Waals surface area contributed by atoms with Crippen LogP contribution in [0.15, 0.2) is 36.0 Å². The first kappa shape index (κ1) is 13.4. The molecule has 2 N–H and O–H groups in total. The van der Waals surface area contributed by atoms with Gasteiger partial charge in [0.05, 0.1) is 5.69 Å². The molecule has 0 saturated heterocycles.